The van der Waals surface area contributed by atoms with Crippen LogP contribution in [0.4, 0.5) is 0 Å². The first-order valence-corrected chi connectivity index (χ1v) is 8.01. The highest BCUT2D eigenvalue weighted by Gasteiger charge is 2.07. The van der Waals surface area contributed by atoms with Crippen LogP contribution in [0.15, 0.2) is 59.4 Å². The smallest absolute Gasteiger partial charge is 0.124 e. The molecule has 96 valence electrons. The molecule has 0 aliphatic rings. The summed E-state index contributed by atoms with van der Waals surface area (Å²) in [5.41, 5.74) is 6.29. The van der Waals surface area contributed by atoms with Crippen molar-refractivity contribution in [1.29, 1.82) is 0 Å². The fourth-order valence-corrected chi connectivity index (χ4v) is 3.69. The van der Waals surface area contributed by atoms with Crippen LogP contribution in [-0.4, -0.2) is 9.97 Å². The van der Waals surface area contributed by atoms with Gasteiger partial charge < -0.3 is 0 Å². The molecule has 4 rings (SSSR count). The largest absolute Gasteiger partial charge is 0.245 e. The van der Waals surface area contributed by atoms with E-state index in [1.807, 2.05) is 23.7 Å². The topological polar surface area (TPSA) is 25.8 Å². The van der Waals surface area contributed by atoms with Gasteiger partial charge in [-0.2, -0.15) is 0 Å². The van der Waals surface area contributed by atoms with Crippen LogP contribution < -0.4 is 0 Å². The molecule has 4 heteroatoms. The number of rotatable bonds is 2. The second-order valence-corrected chi connectivity index (χ2v) is 6.18. The minimum absolute atomic E-state index is 1.03. The van der Waals surface area contributed by atoms with E-state index in [1.54, 1.807) is 22.7 Å². The Morgan fingerprint density at radius 1 is 0.850 bits per heavy atom. The van der Waals surface area contributed by atoms with E-state index in [4.69, 9.17) is 4.98 Å². The van der Waals surface area contributed by atoms with Gasteiger partial charge >= 0.3 is 0 Å². The van der Waals surface area contributed by atoms with Gasteiger partial charge in [-0.25, -0.2) is 9.97 Å². The molecule has 0 saturated heterocycles. The van der Waals surface area contributed by atoms with Gasteiger partial charge in [-0.05, 0) is 12.1 Å². The molecule has 2 aromatic heterocycles. The van der Waals surface area contributed by atoms with Crippen molar-refractivity contribution in [3.63, 3.8) is 0 Å². The first-order valence-electron chi connectivity index (χ1n) is 6.25. The number of hydrogen-bond acceptors (Lipinski definition) is 4. The van der Waals surface area contributed by atoms with Crippen molar-refractivity contribution in [3.8, 4) is 21.8 Å². The Kier molecular flexibility index (Phi) is 2.83. The molecular weight excluding hydrogens is 284 g/mol. The molecule has 0 atom stereocenters. The lowest BCUT2D eigenvalue weighted by Gasteiger charge is -1.97. The third-order valence-corrected chi connectivity index (χ3v) is 4.84. The molecular formula is C16H10N2S2. The molecule has 0 unspecified atom stereocenters. The van der Waals surface area contributed by atoms with Crippen LogP contribution in [0.2, 0.25) is 0 Å². The van der Waals surface area contributed by atoms with Crippen LogP contribution in [0, 0.1) is 0 Å². The van der Waals surface area contributed by atoms with Crippen LogP contribution in [0.5, 0.6) is 0 Å². The molecule has 0 amide bonds. The molecule has 2 aromatic carbocycles. The Balaban J connectivity index is 1.77. The van der Waals surface area contributed by atoms with Gasteiger partial charge in [-0.1, -0.05) is 36.4 Å². The summed E-state index contributed by atoms with van der Waals surface area (Å²) in [7, 11) is 0. The molecule has 0 fully saturated rings. The molecule has 0 saturated carbocycles. The molecule has 0 spiro atoms. The van der Waals surface area contributed by atoms with E-state index in [9.17, 15) is 0 Å². The third-order valence-electron chi connectivity index (χ3n) is 3.15. The quantitative estimate of drug-likeness (QED) is 0.515. The molecule has 0 aliphatic heterocycles. The maximum absolute atomic E-state index is 4.74. The predicted octanol–water partition coefficient (Wildman–Crippen LogP) is 5.09. The van der Waals surface area contributed by atoms with Gasteiger partial charge in [0.1, 0.15) is 5.01 Å². The summed E-state index contributed by atoms with van der Waals surface area (Å²) in [6.07, 6.45) is 0. The fourth-order valence-electron chi connectivity index (χ4n) is 2.13. The molecule has 20 heavy (non-hydrogen) atoms. The minimum Gasteiger partial charge on any atom is -0.245 e. The fraction of sp³-hybridized carbons (Fsp3) is 0. The van der Waals surface area contributed by atoms with E-state index in [-0.39, 0.29) is 0 Å². The number of aromatic nitrogens is 2. The Hall–Kier alpha value is -2.04. The second-order valence-electron chi connectivity index (χ2n) is 4.44. The Morgan fingerprint density at radius 3 is 2.65 bits per heavy atom. The van der Waals surface area contributed by atoms with E-state index in [0.717, 1.165) is 21.8 Å². The van der Waals surface area contributed by atoms with Gasteiger partial charge in [0, 0.05) is 16.5 Å². The van der Waals surface area contributed by atoms with Crippen LogP contribution in [-0.2, 0) is 0 Å². The van der Waals surface area contributed by atoms with Crippen LogP contribution in [0.25, 0.3) is 32.0 Å². The first kappa shape index (κ1) is 11.8. The summed E-state index contributed by atoms with van der Waals surface area (Å²) in [6, 6.07) is 16.6. The average molecular weight is 294 g/mol. The van der Waals surface area contributed by atoms with Gasteiger partial charge in [0.05, 0.1) is 21.4 Å². The van der Waals surface area contributed by atoms with Gasteiger partial charge in [0.2, 0.25) is 0 Å². The Morgan fingerprint density at radius 2 is 1.75 bits per heavy atom. The summed E-state index contributed by atoms with van der Waals surface area (Å²) < 4.78 is 1.21. The maximum atomic E-state index is 4.74. The summed E-state index contributed by atoms with van der Waals surface area (Å²) in [5.74, 6) is 0. The average Bonchev–Trinajstić information content (AvgIpc) is 3.16. The highest BCUT2D eigenvalue weighted by atomic mass is 32.1. The van der Waals surface area contributed by atoms with Crippen molar-refractivity contribution in [3.05, 3.63) is 59.4 Å². The summed E-state index contributed by atoms with van der Waals surface area (Å²) >= 11 is 3.35. The number of nitrogens with zero attached hydrogens (tertiary/aromatic N) is 2. The van der Waals surface area contributed by atoms with Crippen molar-refractivity contribution >= 4 is 32.9 Å². The number of hydrogen-bond donors (Lipinski definition) is 0. The highest BCUT2D eigenvalue weighted by molar-refractivity contribution is 7.16. The van der Waals surface area contributed by atoms with Gasteiger partial charge in [-0.15, -0.1) is 22.7 Å². The van der Waals surface area contributed by atoms with Crippen molar-refractivity contribution in [2.24, 2.45) is 0 Å². The molecule has 0 bridgehead atoms. The highest BCUT2D eigenvalue weighted by Crippen LogP contribution is 2.30. The van der Waals surface area contributed by atoms with Crippen LogP contribution in [0.1, 0.15) is 0 Å². The monoisotopic (exact) mass is 294 g/mol. The number of benzene rings is 2. The second kappa shape index (κ2) is 4.81. The normalized spacial score (nSPS) is 11.0. The molecule has 0 radical (unpaired) electrons. The minimum atomic E-state index is 1.03. The zero-order chi connectivity index (χ0) is 13.4. The predicted molar refractivity (Wildman–Crippen MR) is 86.2 cm³/mol. The van der Waals surface area contributed by atoms with Crippen molar-refractivity contribution < 1.29 is 0 Å². The molecule has 0 N–H and O–H groups in total. The van der Waals surface area contributed by atoms with E-state index in [2.05, 4.69) is 40.7 Å². The third kappa shape index (κ3) is 2.03. The Bertz CT molecular complexity index is 862. The molecule has 4 aromatic rings. The summed E-state index contributed by atoms with van der Waals surface area (Å²) in [4.78, 5) is 9.05. The SMILES string of the molecule is c1ccc(-c2nc(-c3ccc4ncsc4c3)cs2)cc1. The van der Waals surface area contributed by atoms with E-state index >= 15 is 0 Å². The first-order chi connectivity index (χ1) is 9.90. The summed E-state index contributed by atoms with van der Waals surface area (Å²) in [6.45, 7) is 0. The van der Waals surface area contributed by atoms with Gasteiger partial charge in [0.15, 0.2) is 0 Å². The summed E-state index contributed by atoms with van der Waals surface area (Å²) in [5, 5.41) is 3.18. The standard InChI is InChI=1S/C16H10N2S2/c1-2-4-11(5-3-1)16-18-14(9-19-16)12-6-7-13-15(8-12)20-10-17-13/h1-10H. The molecule has 2 heterocycles. The van der Waals surface area contributed by atoms with Gasteiger partial charge in [0.25, 0.3) is 0 Å². The van der Waals surface area contributed by atoms with Gasteiger partial charge in [-0.3, -0.25) is 0 Å². The van der Waals surface area contributed by atoms with Crippen LogP contribution >= 0.6 is 22.7 Å². The molecule has 0 aliphatic carbocycles. The lowest BCUT2D eigenvalue weighted by Crippen LogP contribution is -1.79. The van der Waals surface area contributed by atoms with Crippen molar-refractivity contribution in [2.45, 2.75) is 0 Å². The van der Waals surface area contributed by atoms with Crippen molar-refractivity contribution in [1.82, 2.24) is 9.97 Å². The van der Waals surface area contributed by atoms with E-state index in [1.165, 1.54) is 10.3 Å². The van der Waals surface area contributed by atoms with Crippen molar-refractivity contribution in [2.75, 3.05) is 0 Å². The van der Waals surface area contributed by atoms with E-state index < -0.39 is 0 Å². The zero-order valence-electron chi connectivity index (χ0n) is 10.5. The number of thiazole rings is 2. The Labute approximate surface area is 124 Å². The zero-order valence-corrected chi connectivity index (χ0v) is 12.1. The van der Waals surface area contributed by atoms with E-state index in [0.29, 0.717) is 0 Å². The van der Waals surface area contributed by atoms with Crippen LogP contribution in [0.3, 0.4) is 0 Å². The lowest BCUT2D eigenvalue weighted by molar-refractivity contribution is 1.40. The number of fused-ring (bicyclic) bond motifs is 1. The lowest BCUT2D eigenvalue weighted by atomic mass is 10.1. The molecule has 2 nitrogen and oxygen atoms in total. The maximum Gasteiger partial charge on any atom is 0.124 e.